The number of rotatable bonds is 0. The third-order valence-corrected chi connectivity index (χ3v) is 1.81. The Hall–Kier alpha value is -1.78. The minimum absolute atomic E-state index is 0.305. The molecule has 2 aromatic rings. The number of H-pyrrole nitrogens is 1. The minimum Gasteiger partial charge on any atom is -0.207 e. The number of fused-ring (bicyclic) bond motifs is 1. The summed E-state index contributed by atoms with van der Waals surface area (Å²) in [4.78, 5) is 11.4. The van der Waals surface area contributed by atoms with Crippen LogP contribution in [0.3, 0.4) is 0 Å². The van der Waals surface area contributed by atoms with E-state index in [1.807, 2.05) is 0 Å². The standard InChI is InChI=1S/C8H7FN3O/c1-5-10-11-7-4-6(9)2-3-8(7)12(5)13/h2-4H,1H3,(H,11,13)/q+1. The van der Waals surface area contributed by atoms with Gasteiger partial charge in [-0.2, -0.15) is 5.10 Å². The highest BCUT2D eigenvalue weighted by Crippen LogP contribution is 2.06. The number of hydrogen-bond acceptors (Lipinski definition) is 2. The molecule has 0 amide bonds. The van der Waals surface area contributed by atoms with E-state index in [1.165, 1.54) is 18.2 Å². The van der Waals surface area contributed by atoms with Gasteiger partial charge in [0.1, 0.15) is 11.3 Å². The predicted molar refractivity (Wildman–Crippen MR) is 44.2 cm³/mol. The van der Waals surface area contributed by atoms with Crippen molar-refractivity contribution < 1.29 is 8.82 Å². The molecule has 0 bridgehead atoms. The van der Waals surface area contributed by atoms with Crippen molar-refractivity contribution in [2.45, 2.75) is 6.92 Å². The summed E-state index contributed by atoms with van der Waals surface area (Å²) >= 11 is 0. The topological polar surface area (TPSA) is 51.6 Å². The summed E-state index contributed by atoms with van der Waals surface area (Å²) in [5.74, 6) is -0.0893. The van der Waals surface area contributed by atoms with E-state index in [0.717, 1.165) is 0 Å². The lowest BCUT2D eigenvalue weighted by molar-refractivity contribution is -0.477. The van der Waals surface area contributed by atoms with Crippen molar-refractivity contribution in [3.8, 4) is 0 Å². The molecule has 1 N–H and O–H groups in total. The predicted octanol–water partition coefficient (Wildman–Crippen LogP) is 0.925. The molecule has 5 heteroatoms. The van der Waals surface area contributed by atoms with Crippen molar-refractivity contribution in [3.05, 3.63) is 34.7 Å². The van der Waals surface area contributed by atoms with Gasteiger partial charge in [0, 0.05) is 17.4 Å². The Morgan fingerprint density at radius 2 is 2.31 bits per heavy atom. The molecule has 1 aromatic carbocycles. The molecule has 1 heterocycles. The van der Waals surface area contributed by atoms with E-state index < -0.39 is 5.82 Å². The molecule has 4 nitrogen and oxygen atoms in total. The molecule has 0 atom stereocenters. The van der Waals surface area contributed by atoms with E-state index in [0.29, 0.717) is 21.3 Å². The van der Waals surface area contributed by atoms with Gasteiger partial charge >= 0.3 is 5.82 Å². The van der Waals surface area contributed by atoms with E-state index in [-0.39, 0.29) is 0 Å². The van der Waals surface area contributed by atoms with E-state index in [1.54, 1.807) is 6.92 Å². The first-order chi connectivity index (χ1) is 6.18. The zero-order valence-corrected chi connectivity index (χ0v) is 6.91. The molecule has 0 radical (unpaired) electrons. The summed E-state index contributed by atoms with van der Waals surface area (Å²) in [6.45, 7) is 1.58. The average Bonchev–Trinajstić information content (AvgIpc) is 2.12. The monoisotopic (exact) mass is 180 g/mol. The van der Waals surface area contributed by atoms with Gasteiger partial charge in [-0.25, -0.2) is 4.39 Å². The van der Waals surface area contributed by atoms with E-state index in [9.17, 15) is 9.30 Å². The fourth-order valence-corrected chi connectivity index (χ4v) is 1.14. The maximum Gasteiger partial charge on any atom is 0.364 e. The molecule has 0 aliphatic heterocycles. The lowest BCUT2D eigenvalue weighted by Gasteiger charge is -1.90. The number of nitrogens with zero attached hydrogens (tertiary/aromatic N) is 2. The Bertz CT molecular complexity index is 520. The normalized spacial score (nSPS) is 10.6. The quantitative estimate of drug-likeness (QED) is 0.613. The summed E-state index contributed by atoms with van der Waals surface area (Å²) in [6, 6.07) is 3.89. The van der Waals surface area contributed by atoms with Crippen LogP contribution in [0.1, 0.15) is 5.82 Å². The van der Waals surface area contributed by atoms with Crippen LogP contribution >= 0.6 is 0 Å². The summed E-state index contributed by atoms with van der Waals surface area (Å²) in [5, 5.41) is 6.30. The Labute approximate surface area is 72.6 Å². The summed E-state index contributed by atoms with van der Waals surface area (Å²) in [7, 11) is 0. The zero-order chi connectivity index (χ0) is 9.42. The Balaban J connectivity index is 2.95. The number of nitrogens with one attached hydrogen (secondary N) is 1. The van der Waals surface area contributed by atoms with Crippen molar-refractivity contribution in [1.29, 1.82) is 0 Å². The highest BCUT2D eigenvalue weighted by molar-refractivity contribution is 5.69. The molecule has 66 valence electrons. The number of aromatic amines is 1. The molecule has 0 aliphatic rings. The van der Waals surface area contributed by atoms with Crippen LogP contribution < -0.4 is 4.43 Å². The smallest absolute Gasteiger partial charge is 0.207 e. The maximum atomic E-state index is 12.7. The minimum atomic E-state index is -0.394. The SMILES string of the molecule is Cc1n[nH]c2cc(F)ccc2[n+]1=O. The molecule has 2 rings (SSSR count). The second kappa shape index (κ2) is 2.62. The molecular formula is C8H7FN3O+. The number of hydrogen-bond donors (Lipinski definition) is 1. The molecule has 0 saturated carbocycles. The van der Waals surface area contributed by atoms with Crippen LogP contribution in [0.4, 0.5) is 4.39 Å². The number of aromatic nitrogens is 3. The fourth-order valence-electron chi connectivity index (χ4n) is 1.14. The first-order valence-electron chi connectivity index (χ1n) is 3.75. The third kappa shape index (κ3) is 1.18. The van der Waals surface area contributed by atoms with Crippen LogP contribution in [-0.2, 0) is 0 Å². The number of benzene rings is 1. The van der Waals surface area contributed by atoms with E-state index >= 15 is 0 Å². The summed E-state index contributed by atoms with van der Waals surface area (Å²) in [5.41, 5.74) is 0.773. The number of aryl methyl sites for hydroxylation is 1. The first-order valence-corrected chi connectivity index (χ1v) is 3.75. The van der Waals surface area contributed by atoms with Gasteiger partial charge in [-0.3, -0.25) is 0 Å². The lowest BCUT2D eigenvalue weighted by atomic mass is 10.3. The van der Waals surface area contributed by atoms with Crippen LogP contribution in [0.15, 0.2) is 18.2 Å². The van der Waals surface area contributed by atoms with Gasteiger partial charge in [-0.1, -0.05) is 4.91 Å². The highest BCUT2D eigenvalue weighted by Gasteiger charge is 2.09. The second-order valence-electron chi connectivity index (χ2n) is 2.73. The second-order valence-corrected chi connectivity index (χ2v) is 2.73. The largest absolute Gasteiger partial charge is 0.364 e. The zero-order valence-electron chi connectivity index (χ0n) is 6.91. The van der Waals surface area contributed by atoms with Gasteiger partial charge in [0.05, 0.1) is 5.10 Å². The molecule has 1 aromatic heterocycles. The van der Waals surface area contributed by atoms with E-state index in [4.69, 9.17) is 0 Å². The van der Waals surface area contributed by atoms with Gasteiger partial charge in [0.15, 0.2) is 0 Å². The van der Waals surface area contributed by atoms with Crippen LogP contribution in [0.5, 0.6) is 0 Å². The van der Waals surface area contributed by atoms with Crippen LogP contribution in [-0.4, -0.2) is 10.2 Å². The molecule has 0 saturated heterocycles. The van der Waals surface area contributed by atoms with E-state index in [2.05, 4.69) is 10.2 Å². The van der Waals surface area contributed by atoms with Crippen molar-refractivity contribution in [3.63, 3.8) is 0 Å². The molecule has 0 fully saturated rings. The summed E-state index contributed by atoms with van der Waals surface area (Å²) < 4.78 is 13.4. The van der Waals surface area contributed by atoms with Crippen LogP contribution in [0.2, 0.25) is 0 Å². The molecule has 0 unspecified atom stereocenters. The first kappa shape index (κ1) is 7.85. The van der Waals surface area contributed by atoms with Crippen molar-refractivity contribution in [2.24, 2.45) is 0 Å². The van der Waals surface area contributed by atoms with Crippen LogP contribution in [0, 0.1) is 17.6 Å². The van der Waals surface area contributed by atoms with Gasteiger partial charge in [-0.05, 0) is 12.1 Å². The van der Waals surface area contributed by atoms with Gasteiger partial charge in [-0.15, -0.1) is 0 Å². The summed E-state index contributed by atoms with van der Waals surface area (Å²) in [6.07, 6.45) is 0. The van der Waals surface area contributed by atoms with Gasteiger partial charge in [0.2, 0.25) is 5.52 Å². The van der Waals surface area contributed by atoms with Gasteiger partial charge in [0.25, 0.3) is 0 Å². The van der Waals surface area contributed by atoms with Crippen molar-refractivity contribution in [2.75, 3.05) is 0 Å². The fraction of sp³-hybridized carbons (Fsp3) is 0.125. The van der Waals surface area contributed by atoms with Crippen molar-refractivity contribution >= 4 is 11.0 Å². The Kier molecular flexibility index (Phi) is 1.58. The van der Waals surface area contributed by atoms with Crippen molar-refractivity contribution in [1.82, 2.24) is 10.2 Å². The van der Waals surface area contributed by atoms with Gasteiger partial charge < -0.3 is 0 Å². The average molecular weight is 180 g/mol. The Morgan fingerprint density at radius 1 is 1.54 bits per heavy atom. The maximum absolute atomic E-state index is 12.7. The lowest BCUT2D eigenvalue weighted by Crippen LogP contribution is -2.22. The molecule has 13 heavy (non-hydrogen) atoms. The molecule has 0 spiro atoms. The highest BCUT2D eigenvalue weighted by atomic mass is 19.1. The Morgan fingerprint density at radius 3 is 3.08 bits per heavy atom. The molecule has 0 aliphatic carbocycles. The number of halogens is 1. The molecular weight excluding hydrogens is 173 g/mol. The third-order valence-electron chi connectivity index (χ3n) is 1.81. The van der Waals surface area contributed by atoms with Crippen LogP contribution in [0.25, 0.3) is 11.0 Å².